The summed E-state index contributed by atoms with van der Waals surface area (Å²) in [5.41, 5.74) is 1.16. The fourth-order valence-corrected chi connectivity index (χ4v) is 2.69. The molecule has 0 N–H and O–H groups in total. The summed E-state index contributed by atoms with van der Waals surface area (Å²) in [7, 11) is 1.22. The molecule has 1 heterocycles. The number of rotatable bonds is 6. The number of ether oxygens (including phenoxy) is 3. The minimum atomic E-state index is -1.18. The third kappa shape index (κ3) is 4.37. The van der Waals surface area contributed by atoms with E-state index in [9.17, 15) is 14.4 Å². The van der Waals surface area contributed by atoms with Gasteiger partial charge >= 0.3 is 17.6 Å². The van der Waals surface area contributed by atoms with Crippen LogP contribution in [0.5, 0.6) is 5.75 Å². The number of esters is 2. The van der Waals surface area contributed by atoms with Crippen molar-refractivity contribution in [3.63, 3.8) is 0 Å². The molecule has 1 atom stereocenters. The van der Waals surface area contributed by atoms with Gasteiger partial charge in [0.25, 0.3) is 0 Å². The molecule has 1 aromatic heterocycles. The summed E-state index contributed by atoms with van der Waals surface area (Å²) in [6.45, 7) is 1.37. The van der Waals surface area contributed by atoms with E-state index >= 15 is 0 Å². The summed E-state index contributed by atoms with van der Waals surface area (Å²) in [5, 5.41) is 0.768. The van der Waals surface area contributed by atoms with Crippen molar-refractivity contribution in [1.29, 1.82) is 0 Å². The SMILES string of the molecule is COC(=O)C(OC(=O)COc1ccc2c(C)cc(=O)oc2c1)c1ccccc1. The van der Waals surface area contributed by atoms with Gasteiger partial charge in [-0.3, -0.25) is 0 Å². The van der Waals surface area contributed by atoms with E-state index in [1.165, 1.54) is 19.2 Å². The molecule has 0 spiro atoms. The lowest BCUT2D eigenvalue weighted by Gasteiger charge is -2.16. The van der Waals surface area contributed by atoms with Gasteiger partial charge in [-0.25, -0.2) is 14.4 Å². The van der Waals surface area contributed by atoms with E-state index < -0.39 is 30.3 Å². The monoisotopic (exact) mass is 382 g/mol. The number of carbonyl (C=O) groups is 2. The van der Waals surface area contributed by atoms with Gasteiger partial charge in [-0.05, 0) is 24.6 Å². The molecule has 28 heavy (non-hydrogen) atoms. The standard InChI is InChI=1S/C21H18O7/c1-13-10-18(22)27-17-11-15(8-9-16(13)17)26-12-19(23)28-20(21(24)25-2)14-6-4-3-5-7-14/h3-11,20H,12H2,1-2H3. The van der Waals surface area contributed by atoms with E-state index in [1.54, 1.807) is 49.4 Å². The van der Waals surface area contributed by atoms with Crippen LogP contribution in [-0.2, 0) is 19.1 Å². The van der Waals surface area contributed by atoms with Gasteiger partial charge in [-0.1, -0.05) is 30.3 Å². The summed E-state index contributed by atoms with van der Waals surface area (Å²) < 4.78 is 20.5. The highest BCUT2D eigenvalue weighted by Crippen LogP contribution is 2.23. The average molecular weight is 382 g/mol. The van der Waals surface area contributed by atoms with Gasteiger partial charge in [0.15, 0.2) is 6.61 Å². The summed E-state index contributed by atoms with van der Waals surface area (Å²) >= 11 is 0. The summed E-state index contributed by atoms with van der Waals surface area (Å²) in [4.78, 5) is 35.6. The first kappa shape index (κ1) is 19.2. The Morgan fingerprint density at radius 1 is 1.07 bits per heavy atom. The molecular weight excluding hydrogens is 364 g/mol. The van der Waals surface area contributed by atoms with Gasteiger partial charge in [0.1, 0.15) is 11.3 Å². The maximum absolute atomic E-state index is 12.2. The number of hydrogen-bond acceptors (Lipinski definition) is 7. The molecule has 0 radical (unpaired) electrons. The minimum Gasteiger partial charge on any atom is -0.482 e. The van der Waals surface area contributed by atoms with E-state index in [0.717, 1.165) is 10.9 Å². The van der Waals surface area contributed by atoms with Gasteiger partial charge in [0, 0.05) is 23.1 Å². The van der Waals surface area contributed by atoms with Gasteiger partial charge in [0.2, 0.25) is 6.10 Å². The zero-order valence-electron chi connectivity index (χ0n) is 15.3. The third-order valence-electron chi connectivity index (χ3n) is 4.05. The van der Waals surface area contributed by atoms with Crippen LogP contribution in [0, 0.1) is 6.92 Å². The molecule has 0 aliphatic carbocycles. The molecule has 3 aromatic rings. The first-order valence-corrected chi connectivity index (χ1v) is 8.47. The zero-order valence-corrected chi connectivity index (χ0v) is 15.3. The Labute approximate surface area is 160 Å². The molecule has 0 aliphatic rings. The lowest BCUT2D eigenvalue weighted by atomic mass is 10.1. The van der Waals surface area contributed by atoms with Crippen LogP contribution in [0.2, 0.25) is 0 Å². The highest BCUT2D eigenvalue weighted by Gasteiger charge is 2.26. The van der Waals surface area contributed by atoms with Crippen LogP contribution < -0.4 is 10.4 Å². The summed E-state index contributed by atoms with van der Waals surface area (Å²) in [6.07, 6.45) is -1.18. The van der Waals surface area contributed by atoms with Crippen molar-refractivity contribution in [2.45, 2.75) is 13.0 Å². The van der Waals surface area contributed by atoms with Gasteiger partial charge < -0.3 is 18.6 Å². The van der Waals surface area contributed by atoms with Gasteiger partial charge in [-0.15, -0.1) is 0 Å². The molecule has 0 amide bonds. The molecular formula is C21H18O7. The molecule has 0 aliphatic heterocycles. The Hall–Kier alpha value is -3.61. The molecule has 144 valence electrons. The Bertz CT molecular complexity index is 1050. The van der Waals surface area contributed by atoms with Gasteiger partial charge in [0.05, 0.1) is 7.11 Å². The predicted molar refractivity (Wildman–Crippen MR) is 100 cm³/mol. The van der Waals surface area contributed by atoms with E-state index in [4.69, 9.17) is 18.6 Å². The molecule has 1 unspecified atom stereocenters. The molecule has 7 heteroatoms. The van der Waals surface area contributed by atoms with Crippen molar-refractivity contribution >= 4 is 22.9 Å². The first-order chi connectivity index (χ1) is 13.5. The fourth-order valence-electron chi connectivity index (χ4n) is 2.69. The quantitative estimate of drug-likeness (QED) is 0.478. The predicted octanol–water partition coefficient (Wildman–Crippen LogP) is 2.94. The Kier molecular flexibility index (Phi) is 5.74. The molecule has 0 saturated heterocycles. The van der Waals surface area contributed by atoms with Crippen LogP contribution in [0.15, 0.2) is 63.8 Å². The van der Waals surface area contributed by atoms with Crippen LogP contribution in [0.4, 0.5) is 0 Å². The maximum atomic E-state index is 12.2. The third-order valence-corrected chi connectivity index (χ3v) is 4.05. The van der Waals surface area contributed by atoms with E-state index in [-0.39, 0.29) is 0 Å². The van der Waals surface area contributed by atoms with Crippen molar-refractivity contribution in [2.75, 3.05) is 13.7 Å². The number of benzene rings is 2. The molecule has 7 nitrogen and oxygen atoms in total. The number of aryl methyl sites for hydroxylation is 1. The average Bonchev–Trinajstić information content (AvgIpc) is 2.70. The second-order valence-corrected chi connectivity index (χ2v) is 6.00. The van der Waals surface area contributed by atoms with Crippen molar-refractivity contribution in [3.8, 4) is 5.75 Å². The van der Waals surface area contributed by atoms with Crippen molar-refractivity contribution < 1.29 is 28.2 Å². The molecule has 0 fully saturated rings. The molecule has 3 rings (SSSR count). The number of hydrogen-bond donors (Lipinski definition) is 0. The zero-order chi connectivity index (χ0) is 20.1. The highest BCUT2D eigenvalue weighted by molar-refractivity contribution is 5.82. The topological polar surface area (TPSA) is 92.0 Å². The van der Waals surface area contributed by atoms with Gasteiger partial charge in [-0.2, -0.15) is 0 Å². The Morgan fingerprint density at radius 2 is 1.82 bits per heavy atom. The van der Waals surface area contributed by atoms with Crippen LogP contribution >= 0.6 is 0 Å². The Balaban J connectivity index is 1.70. The minimum absolute atomic E-state index is 0.326. The molecule has 0 bridgehead atoms. The maximum Gasteiger partial charge on any atom is 0.351 e. The van der Waals surface area contributed by atoms with E-state index in [1.807, 2.05) is 0 Å². The second-order valence-electron chi connectivity index (χ2n) is 6.00. The normalized spacial score (nSPS) is 11.6. The van der Waals surface area contributed by atoms with Crippen molar-refractivity contribution in [1.82, 2.24) is 0 Å². The molecule has 2 aromatic carbocycles. The smallest absolute Gasteiger partial charge is 0.351 e. The largest absolute Gasteiger partial charge is 0.482 e. The summed E-state index contributed by atoms with van der Waals surface area (Å²) in [5.74, 6) is -1.11. The second kappa shape index (κ2) is 8.39. The lowest BCUT2D eigenvalue weighted by Crippen LogP contribution is -2.24. The van der Waals surface area contributed by atoms with Crippen molar-refractivity contribution in [2.24, 2.45) is 0 Å². The Morgan fingerprint density at radius 3 is 2.54 bits per heavy atom. The highest BCUT2D eigenvalue weighted by atomic mass is 16.6. The van der Waals surface area contributed by atoms with Crippen LogP contribution in [0.3, 0.4) is 0 Å². The molecule has 0 saturated carbocycles. The summed E-state index contributed by atoms with van der Waals surface area (Å²) in [6, 6.07) is 14.8. The van der Waals surface area contributed by atoms with Crippen molar-refractivity contribution in [3.05, 3.63) is 76.1 Å². The number of methoxy groups -OCH3 is 1. The van der Waals surface area contributed by atoms with E-state index in [0.29, 0.717) is 16.9 Å². The number of carbonyl (C=O) groups excluding carboxylic acids is 2. The van der Waals surface area contributed by atoms with Crippen LogP contribution in [0.1, 0.15) is 17.2 Å². The van der Waals surface area contributed by atoms with E-state index in [2.05, 4.69) is 0 Å². The lowest BCUT2D eigenvalue weighted by molar-refractivity contribution is -0.167. The fraction of sp³-hybridized carbons (Fsp3) is 0.190. The van der Waals surface area contributed by atoms with Crippen LogP contribution in [0.25, 0.3) is 11.0 Å². The number of fused-ring (bicyclic) bond motifs is 1. The van der Waals surface area contributed by atoms with Crippen LogP contribution in [-0.4, -0.2) is 25.7 Å². The first-order valence-electron chi connectivity index (χ1n) is 8.47.